The van der Waals surface area contributed by atoms with E-state index in [1.807, 2.05) is 11.8 Å². The Morgan fingerprint density at radius 1 is 1.69 bits per heavy atom. The predicted octanol–water partition coefficient (Wildman–Crippen LogP) is 1.75. The molecule has 0 aliphatic carbocycles. The molecule has 0 radical (unpaired) electrons. The van der Waals surface area contributed by atoms with Gasteiger partial charge in [-0.15, -0.1) is 6.58 Å². The van der Waals surface area contributed by atoms with Crippen molar-refractivity contribution >= 4 is 5.91 Å². The molecular formula is C12H23FN2O. The largest absolute Gasteiger partial charge is 0.340 e. The first-order valence-corrected chi connectivity index (χ1v) is 5.79. The van der Waals surface area contributed by atoms with E-state index in [2.05, 4.69) is 18.8 Å². The molecule has 0 saturated carbocycles. The molecule has 1 heterocycles. The van der Waals surface area contributed by atoms with E-state index in [0.717, 1.165) is 19.6 Å². The smallest absolute Gasteiger partial charge is 0.222 e. The lowest BCUT2D eigenvalue weighted by Gasteiger charge is -2.31. The first-order valence-electron chi connectivity index (χ1n) is 5.79. The molecule has 1 saturated heterocycles. The second kappa shape index (κ2) is 9.33. The van der Waals surface area contributed by atoms with E-state index in [0.29, 0.717) is 18.9 Å². The Morgan fingerprint density at radius 3 is 2.81 bits per heavy atom. The fourth-order valence-electron chi connectivity index (χ4n) is 1.53. The van der Waals surface area contributed by atoms with Gasteiger partial charge in [0, 0.05) is 32.1 Å². The van der Waals surface area contributed by atoms with Gasteiger partial charge >= 0.3 is 0 Å². The summed E-state index contributed by atoms with van der Waals surface area (Å²) in [4.78, 5) is 13.3. The molecule has 0 aromatic heterocycles. The van der Waals surface area contributed by atoms with E-state index in [4.69, 9.17) is 0 Å². The Morgan fingerprint density at radius 2 is 2.31 bits per heavy atom. The van der Waals surface area contributed by atoms with Gasteiger partial charge in [-0.1, -0.05) is 6.08 Å². The highest BCUT2D eigenvalue weighted by Gasteiger charge is 2.19. The highest BCUT2D eigenvalue weighted by atomic mass is 19.1. The van der Waals surface area contributed by atoms with Gasteiger partial charge in [-0.05, 0) is 20.3 Å². The third kappa shape index (κ3) is 6.56. The van der Waals surface area contributed by atoms with Crippen molar-refractivity contribution in [3.05, 3.63) is 12.7 Å². The maximum atomic E-state index is 11.8. The number of hydrogen-bond acceptors (Lipinski definition) is 2. The van der Waals surface area contributed by atoms with Crippen molar-refractivity contribution < 1.29 is 9.18 Å². The van der Waals surface area contributed by atoms with Crippen LogP contribution in [0.1, 0.15) is 26.7 Å². The first-order chi connectivity index (χ1) is 7.65. The molecule has 1 amide bonds. The van der Waals surface area contributed by atoms with Gasteiger partial charge in [0.1, 0.15) is 0 Å². The maximum absolute atomic E-state index is 11.8. The number of carbonyl (C=O) groups excluding carboxylic acids is 1. The summed E-state index contributed by atoms with van der Waals surface area (Å²) >= 11 is 0. The zero-order valence-corrected chi connectivity index (χ0v) is 10.3. The van der Waals surface area contributed by atoms with Crippen molar-refractivity contribution in [2.45, 2.75) is 32.7 Å². The summed E-state index contributed by atoms with van der Waals surface area (Å²) in [7, 11) is 0. The van der Waals surface area contributed by atoms with Crippen LogP contribution < -0.4 is 5.32 Å². The summed E-state index contributed by atoms with van der Waals surface area (Å²) in [6.07, 6.45) is 2.46. The van der Waals surface area contributed by atoms with Crippen LogP contribution in [0.2, 0.25) is 0 Å². The van der Waals surface area contributed by atoms with Crippen molar-refractivity contribution in [3.8, 4) is 0 Å². The van der Waals surface area contributed by atoms with Crippen LogP contribution >= 0.6 is 0 Å². The molecule has 3 nitrogen and oxygen atoms in total. The lowest BCUT2D eigenvalue weighted by atomic mass is 10.2. The van der Waals surface area contributed by atoms with Crippen molar-refractivity contribution in [3.63, 3.8) is 0 Å². The predicted molar refractivity (Wildman–Crippen MR) is 65.1 cm³/mol. The van der Waals surface area contributed by atoms with E-state index in [1.165, 1.54) is 0 Å². The van der Waals surface area contributed by atoms with Gasteiger partial charge in [-0.3, -0.25) is 9.18 Å². The molecule has 1 atom stereocenters. The lowest BCUT2D eigenvalue weighted by molar-refractivity contribution is -0.132. The standard InChI is InChI=1S/C9H17FN2O.C3H6/c1-8-7-12(6-5-11-8)9(13)3-2-4-10;1-3-2/h8,11H,2-7H2,1H3;3H,1H2,2H3. The Bertz CT molecular complexity index is 209. The Balaban J connectivity index is 0.000000673. The third-order valence-electron chi connectivity index (χ3n) is 2.25. The minimum Gasteiger partial charge on any atom is -0.340 e. The van der Waals surface area contributed by atoms with Gasteiger partial charge < -0.3 is 10.2 Å². The lowest BCUT2D eigenvalue weighted by Crippen LogP contribution is -2.51. The van der Waals surface area contributed by atoms with E-state index < -0.39 is 6.67 Å². The van der Waals surface area contributed by atoms with Gasteiger partial charge in [0.25, 0.3) is 0 Å². The van der Waals surface area contributed by atoms with Crippen LogP contribution in [0.3, 0.4) is 0 Å². The summed E-state index contributed by atoms with van der Waals surface area (Å²) in [5, 5.41) is 3.25. The number of nitrogens with one attached hydrogen (secondary N) is 1. The summed E-state index contributed by atoms with van der Waals surface area (Å²) in [5.41, 5.74) is 0. The number of hydrogen-bond donors (Lipinski definition) is 1. The van der Waals surface area contributed by atoms with Crippen LogP contribution in [0.25, 0.3) is 0 Å². The number of rotatable bonds is 3. The monoisotopic (exact) mass is 230 g/mol. The zero-order valence-electron chi connectivity index (χ0n) is 10.3. The van der Waals surface area contributed by atoms with E-state index >= 15 is 0 Å². The highest BCUT2D eigenvalue weighted by Crippen LogP contribution is 2.03. The Labute approximate surface area is 97.7 Å². The van der Waals surface area contributed by atoms with Crippen LogP contribution in [0.15, 0.2) is 12.7 Å². The van der Waals surface area contributed by atoms with Gasteiger partial charge in [0.2, 0.25) is 5.91 Å². The molecule has 1 fully saturated rings. The van der Waals surface area contributed by atoms with Crippen LogP contribution in [0, 0.1) is 0 Å². The SMILES string of the molecule is C=CC.CC1CN(C(=O)CCCF)CCN1. The molecule has 94 valence electrons. The quantitative estimate of drug-likeness (QED) is 0.749. The topological polar surface area (TPSA) is 32.3 Å². The molecule has 1 rings (SSSR count). The summed E-state index contributed by atoms with van der Waals surface area (Å²) < 4.78 is 11.8. The second-order valence-corrected chi connectivity index (χ2v) is 3.90. The average Bonchev–Trinajstić information content (AvgIpc) is 2.27. The molecule has 1 aliphatic heterocycles. The van der Waals surface area contributed by atoms with Crippen LogP contribution in [0.4, 0.5) is 4.39 Å². The van der Waals surface area contributed by atoms with Gasteiger partial charge in [0.05, 0.1) is 6.67 Å². The zero-order chi connectivity index (χ0) is 12.4. The van der Waals surface area contributed by atoms with Crippen LogP contribution in [0.5, 0.6) is 0 Å². The van der Waals surface area contributed by atoms with Gasteiger partial charge in [-0.25, -0.2) is 0 Å². The van der Waals surface area contributed by atoms with Crippen LogP contribution in [-0.2, 0) is 4.79 Å². The van der Waals surface area contributed by atoms with E-state index in [-0.39, 0.29) is 5.91 Å². The number of halogens is 1. The van der Waals surface area contributed by atoms with Crippen molar-refractivity contribution in [2.75, 3.05) is 26.3 Å². The third-order valence-corrected chi connectivity index (χ3v) is 2.25. The normalized spacial score (nSPS) is 19.7. The highest BCUT2D eigenvalue weighted by molar-refractivity contribution is 5.76. The molecular weight excluding hydrogens is 207 g/mol. The maximum Gasteiger partial charge on any atom is 0.222 e. The molecule has 0 bridgehead atoms. The first kappa shape index (κ1) is 15.1. The van der Waals surface area contributed by atoms with E-state index in [9.17, 15) is 9.18 Å². The summed E-state index contributed by atoms with van der Waals surface area (Å²) in [6.45, 7) is 9.27. The minimum absolute atomic E-state index is 0.0889. The Kier molecular flexibility index (Phi) is 8.81. The fraction of sp³-hybridized carbons (Fsp3) is 0.750. The second-order valence-electron chi connectivity index (χ2n) is 3.90. The average molecular weight is 230 g/mol. The number of amides is 1. The number of carbonyl (C=O) groups is 1. The number of alkyl halides is 1. The molecule has 1 unspecified atom stereocenters. The van der Waals surface area contributed by atoms with Crippen molar-refractivity contribution in [1.29, 1.82) is 0 Å². The molecule has 0 spiro atoms. The summed E-state index contributed by atoms with van der Waals surface area (Å²) in [5.74, 6) is 0.0889. The van der Waals surface area contributed by atoms with Crippen molar-refractivity contribution in [1.82, 2.24) is 10.2 Å². The molecule has 4 heteroatoms. The number of allylic oxidation sites excluding steroid dienone is 1. The molecule has 0 aromatic rings. The fourth-order valence-corrected chi connectivity index (χ4v) is 1.53. The van der Waals surface area contributed by atoms with E-state index in [1.54, 1.807) is 6.08 Å². The number of piperazine rings is 1. The van der Waals surface area contributed by atoms with Gasteiger partial charge in [0.15, 0.2) is 0 Å². The molecule has 1 aliphatic rings. The van der Waals surface area contributed by atoms with Gasteiger partial charge in [-0.2, -0.15) is 0 Å². The molecule has 16 heavy (non-hydrogen) atoms. The minimum atomic E-state index is -0.395. The Hall–Kier alpha value is -0.900. The van der Waals surface area contributed by atoms with Crippen LogP contribution in [-0.4, -0.2) is 43.2 Å². The summed E-state index contributed by atoms with van der Waals surface area (Å²) in [6, 6.07) is 0.364. The number of nitrogens with zero attached hydrogens (tertiary/aromatic N) is 1. The molecule has 0 aromatic carbocycles. The molecule has 1 N–H and O–H groups in total. The van der Waals surface area contributed by atoms with Crippen molar-refractivity contribution in [2.24, 2.45) is 0 Å².